The lowest BCUT2D eigenvalue weighted by Gasteiger charge is -2.27. The quantitative estimate of drug-likeness (QED) is 0.735. The third-order valence-electron chi connectivity index (χ3n) is 5.57. The molecule has 0 radical (unpaired) electrons. The molecule has 5 rings (SSSR count). The molecule has 1 saturated heterocycles. The zero-order valence-electron chi connectivity index (χ0n) is 16.7. The predicted molar refractivity (Wildman–Crippen MR) is 110 cm³/mol. The summed E-state index contributed by atoms with van der Waals surface area (Å²) < 4.78 is 7.14. The maximum Gasteiger partial charge on any atom is 0.256 e. The Morgan fingerprint density at radius 1 is 1.24 bits per heavy atom. The first-order valence-corrected chi connectivity index (χ1v) is 10.0. The van der Waals surface area contributed by atoms with Gasteiger partial charge >= 0.3 is 0 Å². The van der Waals surface area contributed by atoms with Crippen molar-refractivity contribution in [1.29, 1.82) is 0 Å². The summed E-state index contributed by atoms with van der Waals surface area (Å²) in [4.78, 5) is 24.6. The molecule has 1 N–H and O–H groups in total. The minimum Gasteiger partial charge on any atom is -0.378 e. The zero-order chi connectivity index (χ0) is 20.0. The molecule has 8 nitrogen and oxygen atoms in total. The molecule has 0 spiro atoms. The van der Waals surface area contributed by atoms with Crippen LogP contribution in [0.3, 0.4) is 0 Å². The van der Waals surface area contributed by atoms with Crippen LogP contribution in [0.2, 0.25) is 0 Å². The normalized spacial score (nSPS) is 17.0. The minimum absolute atomic E-state index is 0.156. The number of anilines is 2. The number of morpholine rings is 1. The fraction of sp³-hybridized carbons (Fsp3) is 0.429. The third-order valence-corrected chi connectivity index (χ3v) is 5.57. The standard InChI is InChI=1S/C21H24N6O2/c1-13-19-16(11-17(14-3-4-14)24-20(19)26(2)25-13)21(28)23-15-5-6-18(22-12-15)27-7-9-29-10-8-27/h5-6,11-12,14H,3-4,7-10H2,1-2H3,(H,23,28). The Labute approximate surface area is 168 Å². The minimum atomic E-state index is -0.156. The first-order chi connectivity index (χ1) is 14.1. The van der Waals surface area contributed by atoms with Crippen LogP contribution < -0.4 is 10.2 Å². The average molecular weight is 392 g/mol. The second-order valence-electron chi connectivity index (χ2n) is 7.74. The molecule has 3 aromatic rings. The topological polar surface area (TPSA) is 85.2 Å². The van der Waals surface area contributed by atoms with Crippen molar-refractivity contribution in [3.63, 3.8) is 0 Å². The molecule has 150 valence electrons. The summed E-state index contributed by atoms with van der Waals surface area (Å²) in [6.45, 7) is 5.00. The van der Waals surface area contributed by atoms with Gasteiger partial charge in [0, 0.05) is 31.7 Å². The number of nitrogens with zero attached hydrogens (tertiary/aromatic N) is 5. The Morgan fingerprint density at radius 2 is 2.03 bits per heavy atom. The number of carbonyl (C=O) groups is 1. The van der Waals surface area contributed by atoms with Crippen molar-refractivity contribution in [2.75, 3.05) is 36.5 Å². The monoisotopic (exact) mass is 392 g/mol. The lowest BCUT2D eigenvalue weighted by atomic mass is 10.1. The highest BCUT2D eigenvalue weighted by Crippen LogP contribution is 2.40. The van der Waals surface area contributed by atoms with Crippen LogP contribution in [0.15, 0.2) is 24.4 Å². The van der Waals surface area contributed by atoms with Gasteiger partial charge in [0.05, 0.1) is 41.7 Å². The number of aryl methyl sites for hydroxylation is 2. The Hall–Kier alpha value is -3.00. The molecule has 0 atom stereocenters. The highest BCUT2D eigenvalue weighted by atomic mass is 16.5. The number of carbonyl (C=O) groups excluding carboxylic acids is 1. The van der Waals surface area contributed by atoms with Crippen LogP contribution in [-0.2, 0) is 11.8 Å². The number of hydrogen-bond acceptors (Lipinski definition) is 6. The summed E-state index contributed by atoms with van der Waals surface area (Å²) in [6, 6.07) is 5.76. The molecule has 1 aliphatic carbocycles. The van der Waals surface area contributed by atoms with Gasteiger partial charge in [-0.1, -0.05) is 0 Å². The summed E-state index contributed by atoms with van der Waals surface area (Å²) >= 11 is 0. The molecule has 2 fully saturated rings. The Morgan fingerprint density at radius 3 is 2.72 bits per heavy atom. The Balaban J connectivity index is 1.42. The van der Waals surface area contributed by atoms with Crippen molar-refractivity contribution >= 4 is 28.4 Å². The molecular weight excluding hydrogens is 368 g/mol. The zero-order valence-corrected chi connectivity index (χ0v) is 16.7. The van der Waals surface area contributed by atoms with Gasteiger partial charge in [0.15, 0.2) is 5.65 Å². The molecule has 3 aromatic heterocycles. The van der Waals surface area contributed by atoms with Gasteiger partial charge in [-0.05, 0) is 38.0 Å². The van der Waals surface area contributed by atoms with E-state index in [0.29, 0.717) is 30.4 Å². The number of aromatic nitrogens is 4. The fourth-order valence-corrected chi connectivity index (χ4v) is 3.87. The molecular formula is C21H24N6O2. The molecule has 0 aromatic carbocycles. The summed E-state index contributed by atoms with van der Waals surface area (Å²) in [5.74, 6) is 1.20. The van der Waals surface area contributed by atoms with Crippen molar-refractivity contribution in [3.05, 3.63) is 41.3 Å². The molecule has 29 heavy (non-hydrogen) atoms. The summed E-state index contributed by atoms with van der Waals surface area (Å²) in [6.07, 6.45) is 3.96. The van der Waals surface area contributed by atoms with Crippen LogP contribution in [0.5, 0.6) is 0 Å². The summed E-state index contributed by atoms with van der Waals surface area (Å²) in [5.41, 5.74) is 3.85. The van der Waals surface area contributed by atoms with E-state index < -0.39 is 0 Å². The summed E-state index contributed by atoms with van der Waals surface area (Å²) in [7, 11) is 1.87. The van der Waals surface area contributed by atoms with Gasteiger partial charge in [-0.3, -0.25) is 9.48 Å². The second-order valence-corrected chi connectivity index (χ2v) is 7.74. The van der Waals surface area contributed by atoms with Crippen LogP contribution in [-0.4, -0.2) is 52.0 Å². The Bertz CT molecular complexity index is 1060. The predicted octanol–water partition coefficient (Wildman–Crippen LogP) is 2.64. The third kappa shape index (κ3) is 3.44. The molecule has 2 aliphatic rings. The number of nitrogens with one attached hydrogen (secondary N) is 1. The van der Waals surface area contributed by atoms with Gasteiger partial charge in [0.25, 0.3) is 5.91 Å². The van der Waals surface area contributed by atoms with Crippen LogP contribution in [0, 0.1) is 6.92 Å². The molecule has 0 unspecified atom stereocenters. The molecule has 1 aliphatic heterocycles. The van der Waals surface area contributed by atoms with E-state index in [0.717, 1.165) is 54.2 Å². The molecule has 0 bridgehead atoms. The number of fused-ring (bicyclic) bond motifs is 1. The van der Waals surface area contributed by atoms with Crippen molar-refractivity contribution in [2.45, 2.75) is 25.7 Å². The highest BCUT2D eigenvalue weighted by molar-refractivity contribution is 6.12. The molecule has 8 heteroatoms. The van der Waals surface area contributed by atoms with Gasteiger partial charge in [0.1, 0.15) is 5.82 Å². The number of amides is 1. The van der Waals surface area contributed by atoms with E-state index in [1.54, 1.807) is 10.9 Å². The lowest BCUT2D eigenvalue weighted by Crippen LogP contribution is -2.36. The van der Waals surface area contributed by atoms with Gasteiger partial charge in [0.2, 0.25) is 0 Å². The van der Waals surface area contributed by atoms with Crippen LogP contribution in [0.4, 0.5) is 11.5 Å². The van der Waals surface area contributed by atoms with Gasteiger partial charge in [-0.15, -0.1) is 0 Å². The number of pyridine rings is 2. The van der Waals surface area contributed by atoms with E-state index in [1.807, 2.05) is 32.2 Å². The van der Waals surface area contributed by atoms with E-state index in [2.05, 4.69) is 20.3 Å². The van der Waals surface area contributed by atoms with Crippen LogP contribution in [0.1, 0.15) is 40.5 Å². The first-order valence-electron chi connectivity index (χ1n) is 10.0. The number of hydrogen-bond donors (Lipinski definition) is 1. The second kappa shape index (κ2) is 7.11. The van der Waals surface area contributed by atoms with Crippen molar-refractivity contribution in [1.82, 2.24) is 19.7 Å². The van der Waals surface area contributed by atoms with Crippen molar-refractivity contribution < 1.29 is 9.53 Å². The van der Waals surface area contributed by atoms with Crippen molar-refractivity contribution in [3.8, 4) is 0 Å². The smallest absolute Gasteiger partial charge is 0.256 e. The molecule has 4 heterocycles. The summed E-state index contributed by atoms with van der Waals surface area (Å²) in [5, 5.41) is 8.28. The average Bonchev–Trinajstić information content (AvgIpc) is 3.55. The fourth-order valence-electron chi connectivity index (χ4n) is 3.87. The van der Waals surface area contributed by atoms with Gasteiger partial charge < -0.3 is 15.0 Å². The number of ether oxygens (including phenoxy) is 1. The Kier molecular flexibility index (Phi) is 4.43. The van der Waals surface area contributed by atoms with Gasteiger partial charge in [-0.25, -0.2) is 9.97 Å². The first kappa shape index (κ1) is 18.1. The van der Waals surface area contributed by atoms with E-state index in [9.17, 15) is 4.79 Å². The SMILES string of the molecule is Cc1nn(C)c2nc(C3CC3)cc(C(=O)Nc3ccc(N4CCOCC4)nc3)c12. The highest BCUT2D eigenvalue weighted by Gasteiger charge is 2.28. The lowest BCUT2D eigenvalue weighted by molar-refractivity contribution is 0.102. The van der Waals surface area contributed by atoms with E-state index in [4.69, 9.17) is 9.72 Å². The maximum atomic E-state index is 13.1. The van der Waals surface area contributed by atoms with E-state index in [-0.39, 0.29) is 5.91 Å². The molecule has 1 saturated carbocycles. The van der Waals surface area contributed by atoms with E-state index in [1.165, 1.54) is 0 Å². The number of rotatable bonds is 4. The molecule has 1 amide bonds. The van der Waals surface area contributed by atoms with Crippen LogP contribution >= 0.6 is 0 Å². The van der Waals surface area contributed by atoms with Crippen molar-refractivity contribution in [2.24, 2.45) is 7.05 Å². The maximum absolute atomic E-state index is 13.1. The van der Waals surface area contributed by atoms with Crippen LogP contribution in [0.25, 0.3) is 11.0 Å². The van der Waals surface area contributed by atoms with E-state index >= 15 is 0 Å². The largest absolute Gasteiger partial charge is 0.378 e. The van der Waals surface area contributed by atoms with Gasteiger partial charge in [-0.2, -0.15) is 5.10 Å².